The first-order chi connectivity index (χ1) is 9.70. The van der Waals surface area contributed by atoms with Crippen molar-refractivity contribution in [2.45, 2.75) is 13.3 Å². The van der Waals surface area contributed by atoms with Crippen LogP contribution in [0, 0.1) is 0 Å². The van der Waals surface area contributed by atoms with Gasteiger partial charge in [0.05, 0.1) is 18.8 Å². The first-order valence-corrected chi connectivity index (χ1v) is 7.53. The van der Waals surface area contributed by atoms with Crippen molar-refractivity contribution in [2.75, 3.05) is 38.2 Å². The molecule has 1 saturated heterocycles. The molecule has 6 nitrogen and oxygen atoms in total. The van der Waals surface area contributed by atoms with Gasteiger partial charge in [-0.1, -0.05) is 6.92 Å². The van der Waals surface area contributed by atoms with Crippen molar-refractivity contribution in [1.82, 2.24) is 15.4 Å². The predicted octanol–water partition coefficient (Wildman–Crippen LogP) is 1.64. The van der Waals surface area contributed by atoms with Gasteiger partial charge in [0, 0.05) is 30.3 Å². The standard InChI is InChI=1S/C13H19BrN4O2/c1-2-3-15-12-11(8-10(14)9-16-12)13(19)17-18-4-6-20-7-5-18/h8-9H,2-7H2,1H3,(H,15,16)(H,17,19). The average Bonchev–Trinajstić information content (AvgIpc) is 2.47. The Morgan fingerprint density at radius 1 is 1.50 bits per heavy atom. The Bertz CT molecular complexity index is 464. The van der Waals surface area contributed by atoms with E-state index in [1.165, 1.54) is 0 Å². The summed E-state index contributed by atoms with van der Waals surface area (Å²) < 4.78 is 6.04. The number of halogens is 1. The Hall–Kier alpha value is -1.18. The van der Waals surface area contributed by atoms with E-state index < -0.39 is 0 Å². The van der Waals surface area contributed by atoms with Crippen molar-refractivity contribution in [1.29, 1.82) is 0 Å². The molecule has 1 fully saturated rings. The van der Waals surface area contributed by atoms with Gasteiger partial charge >= 0.3 is 0 Å². The van der Waals surface area contributed by atoms with E-state index >= 15 is 0 Å². The van der Waals surface area contributed by atoms with Gasteiger partial charge < -0.3 is 10.1 Å². The minimum atomic E-state index is -0.153. The predicted molar refractivity (Wildman–Crippen MR) is 80.6 cm³/mol. The lowest BCUT2D eigenvalue weighted by molar-refractivity contribution is 0.0126. The van der Waals surface area contributed by atoms with Gasteiger partial charge in [0.1, 0.15) is 5.82 Å². The molecule has 1 aromatic rings. The SMILES string of the molecule is CCCNc1ncc(Br)cc1C(=O)NN1CCOCC1. The van der Waals surface area contributed by atoms with Crippen LogP contribution in [-0.2, 0) is 4.74 Å². The summed E-state index contributed by atoms with van der Waals surface area (Å²) >= 11 is 3.35. The third-order valence-electron chi connectivity index (χ3n) is 2.91. The third kappa shape index (κ3) is 4.16. The van der Waals surface area contributed by atoms with Crippen molar-refractivity contribution >= 4 is 27.7 Å². The second kappa shape index (κ2) is 7.56. The lowest BCUT2D eigenvalue weighted by Crippen LogP contribution is -2.48. The largest absolute Gasteiger partial charge is 0.379 e. The fourth-order valence-corrected chi connectivity index (χ4v) is 2.21. The highest BCUT2D eigenvalue weighted by molar-refractivity contribution is 9.10. The van der Waals surface area contributed by atoms with Gasteiger partial charge in [-0.15, -0.1) is 0 Å². The molecule has 0 atom stereocenters. The lowest BCUT2D eigenvalue weighted by atomic mass is 10.2. The number of amides is 1. The van der Waals surface area contributed by atoms with Crippen LogP contribution in [0.3, 0.4) is 0 Å². The molecule has 7 heteroatoms. The third-order valence-corrected chi connectivity index (χ3v) is 3.35. The monoisotopic (exact) mass is 342 g/mol. The Kier molecular flexibility index (Phi) is 5.75. The number of rotatable bonds is 5. The normalized spacial score (nSPS) is 15.9. The second-order valence-corrected chi connectivity index (χ2v) is 5.43. The summed E-state index contributed by atoms with van der Waals surface area (Å²) in [5, 5.41) is 5.04. The van der Waals surface area contributed by atoms with Crippen molar-refractivity contribution in [3.63, 3.8) is 0 Å². The molecule has 0 bridgehead atoms. The summed E-state index contributed by atoms with van der Waals surface area (Å²) in [6.45, 7) is 5.53. The minimum absolute atomic E-state index is 0.153. The molecule has 110 valence electrons. The summed E-state index contributed by atoms with van der Waals surface area (Å²) in [5.41, 5.74) is 3.43. The van der Waals surface area contributed by atoms with E-state index in [9.17, 15) is 4.79 Å². The van der Waals surface area contributed by atoms with Crippen molar-refractivity contribution < 1.29 is 9.53 Å². The molecule has 2 N–H and O–H groups in total. The number of hydrogen-bond donors (Lipinski definition) is 2. The van der Waals surface area contributed by atoms with Crippen LogP contribution in [0.5, 0.6) is 0 Å². The molecule has 0 aromatic carbocycles. The molecule has 1 amide bonds. The summed E-state index contributed by atoms with van der Waals surface area (Å²) in [5.74, 6) is 0.458. The zero-order valence-electron chi connectivity index (χ0n) is 11.5. The summed E-state index contributed by atoms with van der Waals surface area (Å²) in [6.07, 6.45) is 2.66. The highest BCUT2D eigenvalue weighted by Gasteiger charge is 2.18. The number of morpholine rings is 1. The van der Waals surface area contributed by atoms with Crippen LogP contribution in [0.2, 0.25) is 0 Å². The van der Waals surface area contributed by atoms with Crippen LogP contribution in [0.25, 0.3) is 0 Å². The van der Waals surface area contributed by atoms with E-state index in [0.29, 0.717) is 37.7 Å². The molecular formula is C13H19BrN4O2. The highest BCUT2D eigenvalue weighted by Crippen LogP contribution is 2.18. The average molecular weight is 343 g/mol. The highest BCUT2D eigenvalue weighted by atomic mass is 79.9. The van der Waals surface area contributed by atoms with Crippen LogP contribution in [0.15, 0.2) is 16.7 Å². The second-order valence-electron chi connectivity index (χ2n) is 4.52. The number of ether oxygens (including phenoxy) is 1. The minimum Gasteiger partial charge on any atom is -0.379 e. The zero-order chi connectivity index (χ0) is 14.4. The number of aromatic nitrogens is 1. The van der Waals surface area contributed by atoms with Gasteiger partial charge in [-0.3, -0.25) is 10.2 Å². The Labute approximate surface area is 127 Å². The molecule has 0 unspecified atom stereocenters. The van der Waals surface area contributed by atoms with E-state index in [1.54, 1.807) is 12.3 Å². The number of carbonyl (C=O) groups excluding carboxylic acids is 1. The lowest BCUT2D eigenvalue weighted by Gasteiger charge is -2.27. The van der Waals surface area contributed by atoms with E-state index in [0.717, 1.165) is 17.4 Å². The number of hydrazine groups is 1. The zero-order valence-corrected chi connectivity index (χ0v) is 13.1. The van der Waals surface area contributed by atoms with Crippen molar-refractivity contribution in [3.8, 4) is 0 Å². The number of anilines is 1. The smallest absolute Gasteiger partial charge is 0.269 e. The Balaban J connectivity index is 2.08. The molecular weight excluding hydrogens is 324 g/mol. The molecule has 1 aromatic heterocycles. The van der Waals surface area contributed by atoms with Crippen LogP contribution in [0.4, 0.5) is 5.82 Å². The Morgan fingerprint density at radius 2 is 2.25 bits per heavy atom. The van der Waals surface area contributed by atoms with Gasteiger partial charge in [0.2, 0.25) is 0 Å². The molecule has 1 aliphatic rings. The fourth-order valence-electron chi connectivity index (χ4n) is 1.88. The molecule has 0 spiro atoms. The summed E-state index contributed by atoms with van der Waals surface area (Å²) in [4.78, 5) is 16.6. The van der Waals surface area contributed by atoms with Gasteiger partial charge in [0.25, 0.3) is 5.91 Å². The van der Waals surface area contributed by atoms with Gasteiger partial charge in [0.15, 0.2) is 0 Å². The number of pyridine rings is 1. The van der Waals surface area contributed by atoms with E-state index in [2.05, 4.69) is 38.6 Å². The molecule has 2 rings (SSSR count). The van der Waals surface area contributed by atoms with Crippen molar-refractivity contribution in [3.05, 3.63) is 22.3 Å². The van der Waals surface area contributed by atoms with Crippen molar-refractivity contribution in [2.24, 2.45) is 0 Å². The molecule has 20 heavy (non-hydrogen) atoms. The first kappa shape index (κ1) is 15.2. The number of nitrogens with zero attached hydrogens (tertiary/aromatic N) is 2. The molecule has 1 aliphatic heterocycles. The maximum Gasteiger partial charge on any atom is 0.269 e. The molecule has 2 heterocycles. The number of nitrogens with one attached hydrogen (secondary N) is 2. The van der Waals surface area contributed by atoms with Gasteiger partial charge in [-0.25, -0.2) is 9.99 Å². The van der Waals surface area contributed by atoms with Gasteiger partial charge in [-0.05, 0) is 28.4 Å². The topological polar surface area (TPSA) is 66.5 Å². The number of carbonyl (C=O) groups is 1. The van der Waals surface area contributed by atoms with Crippen LogP contribution in [0.1, 0.15) is 23.7 Å². The van der Waals surface area contributed by atoms with E-state index in [-0.39, 0.29) is 5.91 Å². The molecule has 0 saturated carbocycles. The Morgan fingerprint density at radius 3 is 2.95 bits per heavy atom. The fraction of sp³-hybridized carbons (Fsp3) is 0.538. The van der Waals surface area contributed by atoms with Gasteiger partial charge in [-0.2, -0.15) is 0 Å². The summed E-state index contributed by atoms with van der Waals surface area (Å²) in [7, 11) is 0. The van der Waals surface area contributed by atoms with E-state index in [1.807, 2.05) is 5.01 Å². The molecule has 0 radical (unpaired) electrons. The molecule has 0 aliphatic carbocycles. The van der Waals surface area contributed by atoms with Crippen LogP contribution in [-0.4, -0.2) is 48.7 Å². The van der Waals surface area contributed by atoms with Crippen LogP contribution < -0.4 is 10.7 Å². The first-order valence-electron chi connectivity index (χ1n) is 6.74. The number of hydrogen-bond acceptors (Lipinski definition) is 5. The van der Waals surface area contributed by atoms with Crippen LogP contribution >= 0.6 is 15.9 Å². The summed E-state index contributed by atoms with van der Waals surface area (Å²) in [6, 6.07) is 1.78. The maximum absolute atomic E-state index is 12.4. The maximum atomic E-state index is 12.4. The quantitative estimate of drug-likeness (QED) is 0.851. The van der Waals surface area contributed by atoms with E-state index in [4.69, 9.17) is 4.74 Å².